The molecular formula is C17H25F2N. The molecule has 1 nitrogen and oxygen atoms in total. The van der Waals surface area contributed by atoms with Crippen molar-refractivity contribution < 1.29 is 8.78 Å². The van der Waals surface area contributed by atoms with E-state index in [0.29, 0.717) is 24.4 Å². The van der Waals surface area contributed by atoms with Crippen LogP contribution in [0.15, 0.2) is 18.2 Å². The quantitative estimate of drug-likeness (QED) is 0.875. The number of hydrogen-bond donors (Lipinski definition) is 1. The molecule has 2 rings (SSSR count). The van der Waals surface area contributed by atoms with E-state index in [1.807, 2.05) is 0 Å². The zero-order chi connectivity index (χ0) is 14.8. The normalized spacial score (nSPS) is 27.0. The van der Waals surface area contributed by atoms with Crippen LogP contribution in [-0.2, 0) is 6.42 Å². The molecule has 0 heterocycles. The van der Waals surface area contributed by atoms with Gasteiger partial charge in [0.25, 0.3) is 0 Å². The SMILES string of the molecule is CC(C)C1CCC(CN)(Cc2cccc(F)c2F)CC1. The Morgan fingerprint density at radius 1 is 1.25 bits per heavy atom. The van der Waals surface area contributed by atoms with E-state index in [0.717, 1.165) is 31.6 Å². The van der Waals surface area contributed by atoms with Gasteiger partial charge in [0.1, 0.15) is 0 Å². The number of benzene rings is 1. The van der Waals surface area contributed by atoms with Crippen LogP contribution in [0.5, 0.6) is 0 Å². The van der Waals surface area contributed by atoms with Crippen LogP contribution in [0.1, 0.15) is 45.1 Å². The highest BCUT2D eigenvalue weighted by molar-refractivity contribution is 5.21. The highest BCUT2D eigenvalue weighted by atomic mass is 19.2. The van der Waals surface area contributed by atoms with Gasteiger partial charge < -0.3 is 5.73 Å². The van der Waals surface area contributed by atoms with Crippen LogP contribution in [0.2, 0.25) is 0 Å². The third-order valence-electron chi connectivity index (χ3n) is 5.06. The molecule has 20 heavy (non-hydrogen) atoms. The van der Waals surface area contributed by atoms with Crippen molar-refractivity contribution in [2.24, 2.45) is 23.0 Å². The minimum absolute atomic E-state index is 0.0555. The molecule has 112 valence electrons. The van der Waals surface area contributed by atoms with Crippen molar-refractivity contribution >= 4 is 0 Å². The number of hydrogen-bond acceptors (Lipinski definition) is 1. The Kier molecular flexibility index (Phi) is 4.79. The van der Waals surface area contributed by atoms with Crippen LogP contribution < -0.4 is 5.73 Å². The standard InChI is InChI=1S/C17H25F2N/c1-12(2)13-6-8-17(11-20,9-7-13)10-14-4-3-5-15(18)16(14)19/h3-5,12-13H,6-11,20H2,1-2H3. The van der Waals surface area contributed by atoms with Crippen LogP contribution >= 0.6 is 0 Å². The predicted molar refractivity (Wildman–Crippen MR) is 78.3 cm³/mol. The molecule has 1 aromatic carbocycles. The molecule has 0 unspecified atom stereocenters. The largest absolute Gasteiger partial charge is 0.330 e. The molecular weight excluding hydrogens is 256 g/mol. The summed E-state index contributed by atoms with van der Waals surface area (Å²) in [6.07, 6.45) is 4.88. The fourth-order valence-corrected chi connectivity index (χ4v) is 3.46. The van der Waals surface area contributed by atoms with E-state index >= 15 is 0 Å². The summed E-state index contributed by atoms with van der Waals surface area (Å²) in [5.74, 6) is -0.0273. The van der Waals surface area contributed by atoms with Gasteiger partial charge in [0, 0.05) is 0 Å². The first-order valence-corrected chi connectivity index (χ1v) is 7.60. The van der Waals surface area contributed by atoms with Gasteiger partial charge in [-0.1, -0.05) is 26.0 Å². The minimum Gasteiger partial charge on any atom is -0.330 e. The summed E-state index contributed by atoms with van der Waals surface area (Å²) >= 11 is 0. The van der Waals surface area contributed by atoms with Gasteiger partial charge in [0.15, 0.2) is 11.6 Å². The third kappa shape index (κ3) is 3.20. The number of halogens is 2. The van der Waals surface area contributed by atoms with Gasteiger partial charge in [-0.15, -0.1) is 0 Å². The highest BCUT2D eigenvalue weighted by Crippen LogP contribution is 2.43. The Morgan fingerprint density at radius 2 is 1.90 bits per heavy atom. The van der Waals surface area contributed by atoms with Gasteiger partial charge in [-0.2, -0.15) is 0 Å². The Hall–Kier alpha value is -0.960. The number of rotatable bonds is 4. The molecule has 0 aliphatic heterocycles. The molecule has 1 saturated carbocycles. The van der Waals surface area contributed by atoms with Gasteiger partial charge in [-0.25, -0.2) is 8.78 Å². The van der Waals surface area contributed by atoms with Crippen molar-refractivity contribution in [3.8, 4) is 0 Å². The molecule has 3 heteroatoms. The lowest BCUT2D eigenvalue weighted by molar-refractivity contribution is 0.131. The van der Waals surface area contributed by atoms with Crippen LogP contribution in [0.3, 0.4) is 0 Å². The zero-order valence-electron chi connectivity index (χ0n) is 12.5. The Morgan fingerprint density at radius 3 is 2.45 bits per heavy atom. The summed E-state index contributed by atoms with van der Waals surface area (Å²) in [7, 11) is 0. The first-order valence-electron chi connectivity index (χ1n) is 7.60. The second-order valence-electron chi connectivity index (χ2n) is 6.68. The van der Waals surface area contributed by atoms with Crippen LogP contribution in [0, 0.1) is 28.9 Å². The molecule has 0 spiro atoms. The molecule has 1 aliphatic rings. The molecule has 0 aromatic heterocycles. The van der Waals surface area contributed by atoms with Crippen molar-refractivity contribution in [3.63, 3.8) is 0 Å². The Bertz CT molecular complexity index is 448. The Labute approximate surface area is 120 Å². The molecule has 1 aliphatic carbocycles. The molecule has 1 fully saturated rings. The molecule has 0 amide bonds. The molecule has 2 N–H and O–H groups in total. The van der Waals surface area contributed by atoms with E-state index in [1.165, 1.54) is 6.07 Å². The molecule has 1 aromatic rings. The lowest BCUT2D eigenvalue weighted by atomic mass is 9.65. The lowest BCUT2D eigenvalue weighted by Gasteiger charge is -2.41. The summed E-state index contributed by atoms with van der Waals surface area (Å²) in [4.78, 5) is 0. The van der Waals surface area contributed by atoms with E-state index < -0.39 is 11.6 Å². The summed E-state index contributed by atoms with van der Waals surface area (Å²) in [6.45, 7) is 5.06. The van der Waals surface area contributed by atoms with Gasteiger partial charge in [0.05, 0.1) is 0 Å². The molecule has 0 atom stereocenters. The van der Waals surface area contributed by atoms with E-state index in [2.05, 4.69) is 13.8 Å². The maximum Gasteiger partial charge on any atom is 0.162 e. The van der Waals surface area contributed by atoms with Crippen molar-refractivity contribution in [1.82, 2.24) is 0 Å². The molecule has 0 bridgehead atoms. The van der Waals surface area contributed by atoms with Crippen LogP contribution in [-0.4, -0.2) is 6.54 Å². The Balaban J connectivity index is 2.11. The highest BCUT2D eigenvalue weighted by Gasteiger charge is 2.35. The van der Waals surface area contributed by atoms with Crippen LogP contribution in [0.4, 0.5) is 8.78 Å². The fourth-order valence-electron chi connectivity index (χ4n) is 3.46. The van der Waals surface area contributed by atoms with Gasteiger partial charge in [0.2, 0.25) is 0 Å². The van der Waals surface area contributed by atoms with Crippen molar-refractivity contribution in [2.45, 2.75) is 46.0 Å². The second-order valence-corrected chi connectivity index (χ2v) is 6.68. The van der Waals surface area contributed by atoms with E-state index in [4.69, 9.17) is 5.73 Å². The molecule has 0 radical (unpaired) electrons. The van der Waals surface area contributed by atoms with Crippen LogP contribution in [0.25, 0.3) is 0 Å². The summed E-state index contributed by atoms with van der Waals surface area (Å²) in [5, 5.41) is 0. The van der Waals surface area contributed by atoms with Gasteiger partial charge in [-0.3, -0.25) is 0 Å². The maximum atomic E-state index is 13.9. The van der Waals surface area contributed by atoms with Crippen molar-refractivity contribution in [2.75, 3.05) is 6.54 Å². The summed E-state index contributed by atoms with van der Waals surface area (Å²) < 4.78 is 27.2. The van der Waals surface area contributed by atoms with Gasteiger partial charge >= 0.3 is 0 Å². The van der Waals surface area contributed by atoms with E-state index in [-0.39, 0.29) is 5.41 Å². The van der Waals surface area contributed by atoms with E-state index in [1.54, 1.807) is 12.1 Å². The predicted octanol–water partition coefficient (Wildman–Crippen LogP) is 4.30. The van der Waals surface area contributed by atoms with Crippen molar-refractivity contribution in [1.29, 1.82) is 0 Å². The topological polar surface area (TPSA) is 26.0 Å². The zero-order valence-corrected chi connectivity index (χ0v) is 12.5. The average Bonchev–Trinajstić information content (AvgIpc) is 2.44. The number of nitrogens with two attached hydrogens (primary N) is 1. The smallest absolute Gasteiger partial charge is 0.162 e. The second kappa shape index (κ2) is 6.21. The monoisotopic (exact) mass is 281 g/mol. The lowest BCUT2D eigenvalue weighted by Crippen LogP contribution is -2.38. The first kappa shape index (κ1) is 15.4. The molecule has 0 saturated heterocycles. The third-order valence-corrected chi connectivity index (χ3v) is 5.06. The van der Waals surface area contributed by atoms with Crippen molar-refractivity contribution in [3.05, 3.63) is 35.4 Å². The maximum absolute atomic E-state index is 13.9. The first-order chi connectivity index (χ1) is 9.47. The average molecular weight is 281 g/mol. The minimum atomic E-state index is -0.759. The van der Waals surface area contributed by atoms with Gasteiger partial charge in [-0.05, 0) is 67.5 Å². The summed E-state index contributed by atoms with van der Waals surface area (Å²) in [5.41, 5.74) is 6.39. The fraction of sp³-hybridized carbons (Fsp3) is 0.647. The van der Waals surface area contributed by atoms with E-state index in [9.17, 15) is 8.78 Å². The summed E-state index contributed by atoms with van der Waals surface area (Å²) in [6, 6.07) is 4.44.